The molecular weight excluding hydrogens is 405 g/mol. The molecule has 134 valence electrons. The molecule has 0 spiro atoms. The van der Waals surface area contributed by atoms with Crippen molar-refractivity contribution in [2.24, 2.45) is 4.99 Å². The van der Waals surface area contributed by atoms with E-state index in [-0.39, 0.29) is 24.0 Å². The molecule has 0 aromatic rings. The topological polar surface area (TPSA) is 54.9 Å². The minimum absolute atomic E-state index is 0. The minimum atomic E-state index is 0. The maximum Gasteiger partial charge on any atom is 0.190 e. The highest BCUT2D eigenvalue weighted by Gasteiger charge is 2.15. The van der Waals surface area contributed by atoms with Crippen LogP contribution in [0.3, 0.4) is 0 Å². The van der Waals surface area contributed by atoms with Crippen molar-refractivity contribution in [2.75, 3.05) is 40.0 Å². The van der Waals surface area contributed by atoms with Gasteiger partial charge in [0.05, 0.1) is 12.7 Å². The van der Waals surface area contributed by atoms with Gasteiger partial charge in [0.1, 0.15) is 0 Å². The third kappa shape index (κ3) is 8.91. The van der Waals surface area contributed by atoms with Crippen LogP contribution < -0.4 is 10.6 Å². The second kappa shape index (κ2) is 13.0. The molecule has 0 aromatic heterocycles. The van der Waals surface area contributed by atoms with Gasteiger partial charge in [-0.05, 0) is 44.9 Å². The van der Waals surface area contributed by atoms with E-state index < -0.39 is 0 Å². The molecule has 0 saturated carbocycles. The highest BCUT2D eigenvalue weighted by molar-refractivity contribution is 14.0. The monoisotopic (exact) mass is 437 g/mol. The first-order chi connectivity index (χ1) is 10.9. The number of halogens is 1. The summed E-state index contributed by atoms with van der Waals surface area (Å²) in [5.41, 5.74) is 1.60. The van der Waals surface area contributed by atoms with Gasteiger partial charge < -0.3 is 20.1 Å². The van der Waals surface area contributed by atoms with E-state index in [1.54, 1.807) is 5.57 Å². The quantitative estimate of drug-likeness (QED) is 0.202. The number of nitrogens with zero attached hydrogens (tertiary/aromatic N) is 1. The predicted octanol–water partition coefficient (Wildman–Crippen LogP) is 2.86. The standard InChI is InChI=1S/C17H31N3O2.HI/c1-18-17(20-11-8-15-6-3-2-4-7-15)19-10-5-12-22-16-9-13-21-14-16;/h6,16H,2-5,7-14H2,1H3,(H2,18,19,20);1H. The Hall–Kier alpha value is -0.340. The third-order valence-corrected chi connectivity index (χ3v) is 4.20. The smallest absolute Gasteiger partial charge is 0.190 e. The molecule has 1 fully saturated rings. The summed E-state index contributed by atoms with van der Waals surface area (Å²) in [6.45, 7) is 4.23. The summed E-state index contributed by atoms with van der Waals surface area (Å²) in [6, 6.07) is 0. The minimum Gasteiger partial charge on any atom is -0.379 e. The molecular formula is C17H32IN3O2. The molecule has 0 amide bonds. The van der Waals surface area contributed by atoms with Gasteiger partial charge in [0.15, 0.2) is 5.96 Å². The van der Waals surface area contributed by atoms with Crippen LogP contribution in [0.25, 0.3) is 0 Å². The average molecular weight is 437 g/mol. The van der Waals surface area contributed by atoms with Gasteiger partial charge in [0.2, 0.25) is 0 Å². The zero-order valence-corrected chi connectivity index (χ0v) is 16.6. The van der Waals surface area contributed by atoms with Crippen LogP contribution in [0.1, 0.15) is 44.9 Å². The first kappa shape index (κ1) is 20.7. The van der Waals surface area contributed by atoms with Gasteiger partial charge >= 0.3 is 0 Å². The Morgan fingerprint density at radius 3 is 2.91 bits per heavy atom. The number of ether oxygens (including phenoxy) is 2. The van der Waals surface area contributed by atoms with Crippen molar-refractivity contribution in [3.8, 4) is 0 Å². The van der Waals surface area contributed by atoms with E-state index in [0.29, 0.717) is 6.10 Å². The highest BCUT2D eigenvalue weighted by atomic mass is 127. The Labute approximate surface area is 157 Å². The Morgan fingerprint density at radius 2 is 2.22 bits per heavy atom. The third-order valence-electron chi connectivity index (χ3n) is 4.20. The molecule has 2 aliphatic rings. The second-order valence-electron chi connectivity index (χ2n) is 5.99. The number of aliphatic imine (C=N–C) groups is 1. The fraction of sp³-hybridized carbons (Fsp3) is 0.824. The average Bonchev–Trinajstić information content (AvgIpc) is 3.07. The Bertz CT molecular complexity index is 369. The van der Waals surface area contributed by atoms with Crippen LogP contribution in [0.4, 0.5) is 0 Å². The van der Waals surface area contributed by atoms with Gasteiger partial charge in [-0.2, -0.15) is 0 Å². The van der Waals surface area contributed by atoms with E-state index in [2.05, 4.69) is 21.7 Å². The Kier molecular flexibility index (Phi) is 11.7. The summed E-state index contributed by atoms with van der Waals surface area (Å²) in [5.74, 6) is 0.889. The van der Waals surface area contributed by atoms with Crippen molar-refractivity contribution in [3.63, 3.8) is 0 Å². The molecule has 23 heavy (non-hydrogen) atoms. The van der Waals surface area contributed by atoms with Gasteiger partial charge in [-0.1, -0.05) is 11.6 Å². The van der Waals surface area contributed by atoms with Crippen LogP contribution >= 0.6 is 24.0 Å². The predicted molar refractivity (Wildman–Crippen MR) is 106 cm³/mol. The lowest BCUT2D eigenvalue weighted by atomic mass is 9.97. The molecule has 1 aliphatic carbocycles. The van der Waals surface area contributed by atoms with E-state index in [1.807, 2.05) is 7.05 Å². The number of hydrogen-bond acceptors (Lipinski definition) is 3. The first-order valence-electron chi connectivity index (χ1n) is 8.70. The zero-order chi connectivity index (χ0) is 15.5. The Balaban J connectivity index is 0.00000264. The summed E-state index contributed by atoms with van der Waals surface area (Å²) < 4.78 is 11.0. The van der Waals surface area contributed by atoms with Crippen molar-refractivity contribution in [2.45, 2.75) is 51.0 Å². The van der Waals surface area contributed by atoms with Crippen LogP contribution in [-0.4, -0.2) is 52.0 Å². The molecule has 0 radical (unpaired) electrons. The number of guanidine groups is 1. The maximum absolute atomic E-state index is 5.75. The van der Waals surface area contributed by atoms with Crippen molar-refractivity contribution < 1.29 is 9.47 Å². The lowest BCUT2D eigenvalue weighted by Crippen LogP contribution is -2.38. The molecule has 0 bridgehead atoms. The highest BCUT2D eigenvalue weighted by Crippen LogP contribution is 2.19. The largest absolute Gasteiger partial charge is 0.379 e. The molecule has 1 saturated heterocycles. The molecule has 6 heteroatoms. The van der Waals surface area contributed by atoms with E-state index in [4.69, 9.17) is 9.47 Å². The van der Waals surface area contributed by atoms with Gasteiger partial charge in [-0.3, -0.25) is 4.99 Å². The zero-order valence-electron chi connectivity index (χ0n) is 14.3. The molecule has 2 N–H and O–H groups in total. The normalized spacial score (nSPS) is 21.5. The van der Waals surface area contributed by atoms with Gasteiger partial charge in [0, 0.05) is 33.4 Å². The van der Waals surface area contributed by atoms with Gasteiger partial charge in [0.25, 0.3) is 0 Å². The SMILES string of the molecule is CN=C(NCCCOC1CCOC1)NCCC1=CCCCC1.I. The molecule has 0 aromatic carbocycles. The van der Waals surface area contributed by atoms with E-state index in [9.17, 15) is 0 Å². The lowest BCUT2D eigenvalue weighted by Gasteiger charge is -2.15. The summed E-state index contributed by atoms with van der Waals surface area (Å²) >= 11 is 0. The molecule has 2 rings (SSSR count). The van der Waals surface area contributed by atoms with E-state index in [1.165, 1.54) is 25.7 Å². The van der Waals surface area contributed by atoms with Crippen LogP contribution in [0.15, 0.2) is 16.6 Å². The molecule has 1 heterocycles. The van der Waals surface area contributed by atoms with Gasteiger partial charge in [-0.15, -0.1) is 24.0 Å². The Morgan fingerprint density at radius 1 is 1.35 bits per heavy atom. The van der Waals surface area contributed by atoms with Crippen LogP contribution in [-0.2, 0) is 9.47 Å². The van der Waals surface area contributed by atoms with E-state index >= 15 is 0 Å². The van der Waals surface area contributed by atoms with Crippen molar-refractivity contribution >= 4 is 29.9 Å². The van der Waals surface area contributed by atoms with Crippen molar-refractivity contribution in [3.05, 3.63) is 11.6 Å². The molecule has 1 atom stereocenters. The number of allylic oxidation sites excluding steroid dienone is 1. The summed E-state index contributed by atoms with van der Waals surface area (Å²) in [4.78, 5) is 4.26. The fourth-order valence-corrected chi connectivity index (χ4v) is 2.87. The molecule has 1 aliphatic heterocycles. The number of rotatable bonds is 8. The maximum atomic E-state index is 5.75. The van der Waals surface area contributed by atoms with Crippen molar-refractivity contribution in [1.82, 2.24) is 10.6 Å². The van der Waals surface area contributed by atoms with Gasteiger partial charge in [-0.25, -0.2) is 0 Å². The first-order valence-corrected chi connectivity index (χ1v) is 8.70. The van der Waals surface area contributed by atoms with Crippen LogP contribution in [0.2, 0.25) is 0 Å². The van der Waals surface area contributed by atoms with Crippen LogP contribution in [0, 0.1) is 0 Å². The fourth-order valence-electron chi connectivity index (χ4n) is 2.87. The summed E-state index contributed by atoms with van der Waals surface area (Å²) in [6.07, 6.45) is 11.1. The molecule has 5 nitrogen and oxygen atoms in total. The van der Waals surface area contributed by atoms with Crippen LogP contribution in [0.5, 0.6) is 0 Å². The summed E-state index contributed by atoms with van der Waals surface area (Å²) in [7, 11) is 1.82. The second-order valence-corrected chi connectivity index (χ2v) is 5.99. The van der Waals surface area contributed by atoms with E-state index in [0.717, 1.165) is 58.1 Å². The number of hydrogen-bond donors (Lipinski definition) is 2. The lowest BCUT2D eigenvalue weighted by molar-refractivity contribution is 0.0420. The molecule has 1 unspecified atom stereocenters. The number of nitrogens with one attached hydrogen (secondary N) is 2. The van der Waals surface area contributed by atoms with Crippen molar-refractivity contribution in [1.29, 1.82) is 0 Å². The summed E-state index contributed by atoms with van der Waals surface area (Å²) in [5, 5.41) is 6.73.